The van der Waals surface area contributed by atoms with Crippen molar-refractivity contribution in [2.24, 2.45) is 0 Å². The predicted octanol–water partition coefficient (Wildman–Crippen LogP) is 4.73. The molecule has 2 heterocycles. The van der Waals surface area contributed by atoms with Gasteiger partial charge < -0.3 is 15.0 Å². The number of nitrogens with zero attached hydrogens (tertiary/aromatic N) is 3. The Labute approximate surface area is 191 Å². The molecule has 0 saturated carbocycles. The van der Waals surface area contributed by atoms with E-state index in [1.165, 1.54) is 17.3 Å². The van der Waals surface area contributed by atoms with Crippen molar-refractivity contribution in [2.75, 3.05) is 24.8 Å². The van der Waals surface area contributed by atoms with E-state index in [4.69, 9.17) is 4.74 Å². The minimum atomic E-state index is -0.0695. The summed E-state index contributed by atoms with van der Waals surface area (Å²) >= 11 is 1.37. The molecule has 166 valence electrons. The lowest BCUT2D eigenvalue weighted by atomic mass is 10.1. The molecule has 2 aromatic heterocycles. The maximum absolute atomic E-state index is 12.7. The predicted molar refractivity (Wildman–Crippen MR) is 129 cm³/mol. The Kier molecular flexibility index (Phi) is 6.62. The second-order valence-electron chi connectivity index (χ2n) is 7.81. The zero-order valence-corrected chi connectivity index (χ0v) is 19.5. The SMILES string of the molecule is COCCn1c(SCC(=O)Nc2c(C)cc(C)cc2C)nnc1-c1c[nH]c2ccccc12. The lowest BCUT2D eigenvalue weighted by Crippen LogP contribution is -2.16. The molecule has 32 heavy (non-hydrogen) atoms. The zero-order chi connectivity index (χ0) is 22.7. The molecular formula is C24H27N5O2S. The van der Waals surface area contributed by atoms with Gasteiger partial charge in [-0.3, -0.25) is 9.36 Å². The van der Waals surface area contributed by atoms with Crippen LogP contribution in [-0.4, -0.2) is 45.1 Å². The number of carbonyl (C=O) groups is 1. The average Bonchev–Trinajstić information content (AvgIpc) is 3.36. The molecule has 1 amide bonds. The first kappa shape index (κ1) is 22.1. The van der Waals surface area contributed by atoms with Crippen LogP contribution in [0.5, 0.6) is 0 Å². The number of aromatic nitrogens is 4. The van der Waals surface area contributed by atoms with Crippen molar-refractivity contribution in [3.8, 4) is 11.4 Å². The topological polar surface area (TPSA) is 84.8 Å². The van der Waals surface area contributed by atoms with Gasteiger partial charge in [0.1, 0.15) is 0 Å². The van der Waals surface area contributed by atoms with E-state index in [1.54, 1.807) is 7.11 Å². The Bertz CT molecular complexity index is 1240. The third-order valence-electron chi connectivity index (χ3n) is 5.34. The summed E-state index contributed by atoms with van der Waals surface area (Å²) in [5.41, 5.74) is 6.20. The molecule has 4 aromatic rings. The van der Waals surface area contributed by atoms with Gasteiger partial charge in [0.15, 0.2) is 11.0 Å². The van der Waals surface area contributed by atoms with Crippen LogP contribution in [0.4, 0.5) is 5.69 Å². The van der Waals surface area contributed by atoms with Crippen LogP contribution >= 0.6 is 11.8 Å². The number of anilines is 1. The van der Waals surface area contributed by atoms with Crippen LogP contribution in [0.15, 0.2) is 47.8 Å². The van der Waals surface area contributed by atoms with Crippen LogP contribution in [0.2, 0.25) is 0 Å². The van der Waals surface area contributed by atoms with E-state index in [-0.39, 0.29) is 11.7 Å². The van der Waals surface area contributed by atoms with E-state index in [1.807, 2.05) is 42.8 Å². The summed E-state index contributed by atoms with van der Waals surface area (Å²) in [5.74, 6) is 0.929. The van der Waals surface area contributed by atoms with Crippen LogP contribution in [0, 0.1) is 20.8 Å². The summed E-state index contributed by atoms with van der Waals surface area (Å²) in [6, 6.07) is 12.2. The van der Waals surface area contributed by atoms with Crippen molar-refractivity contribution in [2.45, 2.75) is 32.5 Å². The quantitative estimate of drug-likeness (QED) is 0.380. The lowest BCUT2D eigenvalue weighted by Gasteiger charge is -2.13. The molecule has 0 saturated heterocycles. The van der Waals surface area contributed by atoms with Crippen molar-refractivity contribution in [1.29, 1.82) is 0 Å². The third-order valence-corrected chi connectivity index (χ3v) is 6.31. The Morgan fingerprint density at radius 3 is 2.66 bits per heavy atom. The van der Waals surface area contributed by atoms with Gasteiger partial charge in [0.05, 0.1) is 18.9 Å². The molecular weight excluding hydrogens is 422 g/mol. The molecule has 8 heteroatoms. The molecule has 0 spiro atoms. The monoisotopic (exact) mass is 449 g/mol. The highest BCUT2D eigenvalue weighted by molar-refractivity contribution is 7.99. The summed E-state index contributed by atoms with van der Waals surface area (Å²) < 4.78 is 7.31. The number of methoxy groups -OCH3 is 1. The second-order valence-corrected chi connectivity index (χ2v) is 8.75. The average molecular weight is 450 g/mol. The summed E-state index contributed by atoms with van der Waals surface area (Å²) in [5, 5.41) is 13.7. The van der Waals surface area contributed by atoms with Gasteiger partial charge in [-0.2, -0.15) is 0 Å². The van der Waals surface area contributed by atoms with E-state index in [2.05, 4.69) is 45.6 Å². The Balaban J connectivity index is 1.54. The van der Waals surface area contributed by atoms with Gasteiger partial charge in [-0.05, 0) is 38.0 Å². The number of para-hydroxylation sites is 1. The summed E-state index contributed by atoms with van der Waals surface area (Å²) in [6.45, 7) is 7.20. The number of fused-ring (bicyclic) bond motifs is 1. The molecule has 0 bridgehead atoms. The fraction of sp³-hybridized carbons (Fsp3) is 0.292. The van der Waals surface area contributed by atoms with Crippen molar-refractivity contribution in [1.82, 2.24) is 19.7 Å². The van der Waals surface area contributed by atoms with Crippen LogP contribution in [0.25, 0.3) is 22.3 Å². The highest BCUT2D eigenvalue weighted by atomic mass is 32.2. The molecule has 0 unspecified atom stereocenters. The molecule has 0 atom stereocenters. The van der Waals surface area contributed by atoms with E-state index in [9.17, 15) is 4.79 Å². The molecule has 2 N–H and O–H groups in total. The molecule has 4 rings (SSSR count). The lowest BCUT2D eigenvalue weighted by molar-refractivity contribution is -0.113. The standard InChI is InChI=1S/C24H27N5O2S/c1-15-11-16(2)22(17(3)12-15)26-21(30)14-32-24-28-27-23(29(24)9-10-31-4)19-13-25-20-8-6-5-7-18(19)20/h5-8,11-13,25H,9-10,14H2,1-4H3,(H,26,30). The number of amides is 1. The second kappa shape index (κ2) is 9.58. The highest BCUT2D eigenvalue weighted by Crippen LogP contribution is 2.30. The van der Waals surface area contributed by atoms with Gasteiger partial charge in [-0.15, -0.1) is 10.2 Å². The first-order chi connectivity index (χ1) is 15.5. The number of benzene rings is 2. The number of hydrogen-bond donors (Lipinski definition) is 2. The zero-order valence-electron chi connectivity index (χ0n) is 18.7. The first-order valence-corrected chi connectivity index (χ1v) is 11.5. The minimum Gasteiger partial charge on any atom is -0.383 e. The molecule has 0 fully saturated rings. The number of H-pyrrole nitrogens is 1. The normalized spacial score (nSPS) is 11.2. The molecule has 0 aliphatic rings. The van der Waals surface area contributed by atoms with Gasteiger partial charge in [-0.25, -0.2) is 0 Å². The van der Waals surface area contributed by atoms with Crippen molar-refractivity contribution < 1.29 is 9.53 Å². The Hall–Kier alpha value is -3.10. The fourth-order valence-corrected chi connectivity index (χ4v) is 4.68. The Morgan fingerprint density at radius 2 is 1.91 bits per heavy atom. The fourth-order valence-electron chi connectivity index (χ4n) is 3.92. The number of carbonyl (C=O) groups excluding carboxylic acids is 1. The molecule has 0 aliphatic carbocycles. The Morgan fingerprint density at radius 1 is 1.16 bits per heavy atom. The van der Waals surface area contributed by atoms with Gasteiger partial charge in [-0.1, -0.05) is 47.7 Å². The van der Waals surface area contributed by atoms with E-state index in [0.717, 1.165) is 39.1 Å². The van der Waals surface area contributed by atoms with Gasteiger partial charge >= 0.3 is 0 Å². The molecule has 7 nitrogen and oxygen atoms in total. The van der Waals surface area contributed by atoms with E-state index < -0.39 is 0 Å². The molecule has 0 radical (unpaired) electrons. The maximum Gasteiger partial charge on any atom is 0.234 e. The van der Waals surface area contributed by atoms with Crippen LogP contribution in [0.1, 0.15) is 16.7 Å². The van der Waals surface area contributed by atoms with Crippen LogP contribution in [-0.2, 0) is 16.1 Å². The summed E-state index contributed by atoms with van der Waals surface area (Å²) in [7, 11) is 1.67. The first-order valence-electron chi connectivity index (χ1n) is 10.5. The molecule has 0 aliphatic heterocycles. The third kappa shape index (κ3) is 4.56. The van der Waals surface area contributed by atoms with Crippen molar-refractivity contribution in [3.05, 3.63) is 59.3 Å². The number of rotatable bonds is 8. The summed E-state index contributed by atoms with van der Waals surface area (Å²) in [4.78, 5) is 16.0. The van der Waals surface area contributed by atoms with Crippen LogP contribution < -0.4 is 5.32 Å². The maximum atomic E-state index is 12.7. The van der Waals surface area contributed by atoms with Gasteiger partial charge in [0, 0.05) is 35.5 Å². The number of ether oxygens (including phenoxy) is 1. The number of thioether (sulfide) groups is 1. The van der Waals surface area contributed by atoms with Crippen molar-refractivity contribution in [3.63, 3.8) is 0 Å². The largest absolute Gasteiger partial charge is 0.383 e. The van der Waals surface area contributed by atoms with Gasteiger partial charge in [0.25, 0.3) is 0 Å². The summed E-state index contributed by atoms with van der Waals surface area (Å²) in [6.07, 6.45) is 1.95. The number of aryl methyl sites for hydroxylation is 3. The van der Waals surface area contributed by atoms with E-state index >= 15 is 0 Å². The molecule has 2 aromatic carbocycles. The minimum absolute atomic E-state index is 0.0695. The number of aromatic amines is 1. The number of hydrogen-bond acceptors (Lipinski definition) is 5. The highest BCUT2D eigenvalue weighted by Gasteiger charge is 2.18. The number of nitrogens with one attached hydrogen (secondary N) is 2. The smallest absolute Gasteiger partial charge is 0.234 e. The van der Waals surface area contributed by atoms with Crippen molar-refractivity contribution >= 4 is 34.3 Å². The van der Waals surface area contributed by atoms with Gasteiger partial charge in [0.2, 0.25) is 5.91 Å². The van der Waals surface area contributed by atoms with E-state index in [0.29, 0.717) is 18.3 Å². The van der Waals surface area contributed by atoms with Crippen LogP contribution in [0.3, 0.4) is 0 Å².